The number of nitrogens with zero attached hydrogens (tertiary/aromatic N) is 2. The number of piperidine rings is 1. The Morgan fingerprint density at radius 2 is 2.08 bits per heavy atom. The van der Waals surface area contributed by atoms with E-state index < -0.39 is 5.41 Å². The molecule has 2 heterocycles. The SMILES string of the molecule is COCC1(C(=O)Nc2nnc(SCc3ccccc3)s2)CCNCC1. The van der Waals surface area contributed by atoms with Crippen molar-refractivity contribution in [2.75, 3.05) is 32.1 Å². The van der Waals surface area contributed by atoms with E-state index in [1.54, 1.807) is 18.9 Å². The molecule has 1 fully saturated rings. The molecule has 25 heavy (non-hydrogen) atoms. The second-order valence-corrected chi connectivity index (χ2v) is 8.26. The zero-order valence-electron chi connectivity index (χ0n) is 14.2. The summed E-state index contributed by atoms with van der Waals surface area (Å²) >= 11 is 3.04. The lowest BCUT2D eigenvalue weighted by molar-refractivity contribution is -0.130. The maximum Gasteiger partial charge on any atom is 0.234 e. The molecule has 134 valence electrons. The van der Waals surface area contributed by atoms with E-state index in [-0.39, 0.29) is 5.91 Å². The Kier molecular flexibility index (Phi) is 6.41. The van der Waals surface area contributed by atoms with Crippen LogP contribution < -0.4 is 10.6 Å². The van der Waals surface area contributed by atoms with Crippen molar-refractivity contribution < 1.29 is 9.53 Å². The van der Waals surface area contributed by atoms with Crippen molar-refractivity contribution in [3.8, 4) is 0 Å². The van der Waals surface area contributed by atoms with Gasteiger partial charge in [0.2, 0.25) is 11.0 Å². The first kappa shape index (κ1) is 18.3. The first-order valence-electron chi connectivity index (χ1n) is 8.23. The lowest BCUT2D eigenvalue weighted by Gasteiger charge is -2.35. The Labute approximate surface area is 155 Å². The third-order valence-corrected chi connectivity index (χ3v) is 6.34. The molecule has 1 aliphatic rings. The van der Waals surface area contributed by atoms with Crippen LogP contribution in [0.15, 0.2) is 34.7 Å². The van der Waals surface area contributed by atoms with Gasteiger partial charge in [-0.2, -0.15) is 0 Å². The first-order chi connectivity index (χ1) is 12.2. The molecule has 2 N–H and O–H groups in total. The van der Waals surface area contributed by atoms with Crippen molar-refractivity contribution in [3.05, 3.63) is 35.9 Å². The van der Waals surface area contributed by atoms with Crippen molar-refractivity contribution in [1.29, 1.82) is 0 Å². The number of methoxy groups -OCH3 is 1. The largest absolute Gasteiger partial charge is 0.384 e. The maximum absolute atomic E-state index is 12.8. The van der Waals surface area contributed by atoms with Gasteiger partial charge < -0.3 is 10.1 Å². The normalized spacial score (nSPS) is 16.5. The Balaban J connectivity index is 1.59. The first-order valence-corrected chi connectivity index (χ1v) is 10.0. The lowest BCUT2D eigenvalue weighted by atomic mass is 9.79. The molecular formula is C17H22N4O2S2. The Hall–Kier alpha value is -1.48. The fraction of sp³-hybridized carbons (Fsp3) is 0.471. The molecule has 1 aromatic carbocycles. The molecule has 1 amide bonds. The molecule has 8 heteroatoms. The molecule has 1 aliphatic heterocycles. The quantitative estimate of drug-likeness (QED) is 0.570. The van der Waals surface area contributed by atoms with Crippen LogP contribution in [-0.2, 0) is 15.3 Å². The number of hydrogen-bond acceptors (Lipinski definition) is 7. The number of nitrogens with one attached hydrogen (secondary N) is 2. The standard InChI is InChI=1S/C17H22N4O2S2/c1-23-12-17(7-9-18-10-8-17)14(22)19-15-20-21-16(25-15)24-11-13-5-3-2-4-6-13/h2-6,18H,7-12H2,1H3,(H,19,20,22). The molecule has 0 atom stereocenters. The average Bonchev–Trinajstić information content (AvgIpc) is 3.09. The molecule has 3 rings (SSSR count). The van der Waals surface area contributed by atoms with Gasteiger partial charge in [-0.15, -0.1) is 10.2 Å². The van der Waals surface area contributed by atoms with E-state index in [1.165, 1.54) is 16.9 Å². The number of ether oxygens (including phenoxy) is 1. The molecule has 0 bridgehead atoms. The van der Waals surface area contributed by atoms with Crippen LogP contribution in [0.3, 0.4) is 0 Å². The summed E-state index contributed by atoms with van der Waals surface area (Å²) < 4.78 is 6.16. The van der Waals surface area contributed by atoms with E-state index in [0.717, 1.165) is 36.0 Å². The van der Waals surface area contributed by atoms with Crippen molar-refractivity contribution in [2.24, 2.45) is 5.41 Å². The monoisotopic (exact) mass is 378 g/mol. The molecule has 2 aromatic rings. The molecule has 0 radical (unpaired) electrons. The highest BCUT2D eigenvalue weighted by Crippen LogP contribution is 2.33. The van der Waals surface area contributed by atoms with Crippen LogP contribution in [0.4, 0.5) is 5.13 Å². The summed E-state index contributed by atoms with van der Waals surface area (Å²) in [6, 6.07) is 10.2. The number of carbonyl (C=O) groups excluding carboxylic acids is 1. The number of anilines is 1. The van der Waals surface area contributed by atoms with Crippen LogP contribution in [-0.4, -0.2) is 42.9 Å². The Morgan fingerprint density at radius 1 is 1.32 bits per heavy atom. The summed E-state index contributed by atoms with van der Waals surface area (Å²) in [6.07, 6.45) is 1.53. The smallest absolute Gasteiger partial charge is 0.234 e. The fourth-order valence-electron chi connectivity index (χ4n) is 2.89. The Morgan fingerprint density at radius 3 is 2.80 bits per heavy atom. The van der Waals surface area contributed by atoms with E-state index in [1.807, 2.05) is 18.2 Å². The van der Waals surface area contributed by atoms with Crippen LogP contribution in [0.2, 0.25) is 0 Å². The van der Waals surface area contributed by atoms with Gasteiger partial charge in [0.1, 0.15) is 0 Å². The highest BCUT2D eigenvalue weighted by atomic mass is 32.2. The van der Waals surface area contributed by atoms with Crippen molar-refractivity contribution in [3.63, 3.8) is 0 Å². The topological polar surface area (TPSA) is 76.1 Å². The van der Waals surface area contributed by atoms with Crippen LogP contribution in [0.25, 0.3) is 0 Å². The fourth-order valence-corrected chi connectivity index (χ4v) is 4.59. The van der Waals surface area contributed by atoms with Crippen molar-refractivity contribution in [2.45, 2.75) is 22.9 Å². The summed E-state index contributed by atoms with van der Waals surface area (Å²) in [5, 5.41) is 15.1. The molecule has 1 saturated heterocycles. The van der Waals surface area contributed by atoms with Crippen LogP contribution in [0.5, 0.6) is 0 Å². The third kappa shape index (κ3) is 4.78. The summed E-state index contributed by atoms with van der Waals surface area (Å²) in [6.45, 7) is 2.07. The minimum Gasteiger partial charge on any atom is -0.384 e. The summed E-state index contributed by atoms with van der Waals surface area (Å²) in [5.41, 5.74) is 0.755. The summed E-state index contributed by atoms with van der Waals surface area (Å²) in [5.74, 6) is 0.814. The van der Waals surface area contributed by atoms with Crippen molar-refractivity contribution in [1.82, 2.24) is 15.5 Å². The minimum absolute atomic E-state index is 0.0217. The number of amides is 1. The van der Waals surface area contributed by atoms with Gasteiger partial charge >= 0.3 is 0 Å². The van der Waals surface area contributed by atoms with Crippen LogP contribution >= 0.6 is 23.1 Å². The van der Waals surface area contributed by atoms with Gasteiger partial charge in [0.15, 0.2) is 4.34 Å². The van der Waals surface area contributed by atoms with E-state index in [0.29, 0.717) is 11.7 Å². The lowest BCUT2D eigenvalue weighted by Crippen LogP contribution is -2.47. The van der Waals surface area contributed by atoms with Crippen LogP contribution in [0, 0.1) is 5.41 Å². The minimum atomic E-state index is -0.483. The predicted octanol–water partition coefficient (Wildman–Crippen LogP) is 2.79. The number of benzene rings is 1. The molecule has 0 unspecified atom stereocenters. The van der Waals surface area contributed by atoms with E-state index in [4.69, 9.17) is 4.74 Å². The number of thioether (sulfide) groups is 1. The van der Waals surface area contributed by atoms with Gasteiger partial charge in [-0.1, -0.05) is 53.4 Å². The van der Waals surface area contributed by atoms with Gasteiger partial charge in [0.05, 0.1) is 12.0 Å². The Bertz CT molecular complexity index is 681. The molecular weight excluding hydrogens is 356 g/mol. The highest BCUT2D eigenvalue weighted by Gasteiger charge is 2.40. The molecule has 0 spiro atoms. The van der Waals surface area contributed by atoms with Gasteiger partial charge in [-0.05, 0) is 31.5 Å². The number of carbonyl (C=O) groups is 1. The van der Waals surface area contributed by atoms with E-state index in [9.17, 15) is 4.79 Å². The van der Waals surface area contributed by atoms with Crippen molar-refractivity contribution >= 4 is 34.1 Å². The number of hydrogen-bond donors (Lipinski definition) is 2. The average molecular weight is 379 g/mol. The third-order valence-electron chi connectivity index (χ3n) is 4.30. The van der Waals surface area contributed by atoms with Crippen LogP contribution in [0.1, 0.15) is 18.4 Å². The molecule has 1 aromatic heterocycles. The molecule has 6 nitrogen and oxygen atoms in total. The second kappa shape index (κ2) is 8.75. The number of aromatic nitrogens is 2. The van der Waals surface area contributed by atoms with Gasteiger partial charge in [-0.3, -0.25) is 10.1 Å². The zero-order valence-corrected chi connectivity index (χ0v) is 15.8. The zero-order chi connectivity index (χ0) is 17.5. The molecule has 0 aliphatic carbocycles. The van der Waals surface area contributed by atoms with E-state index in [2.05, 4.69) is 33.0 Å². The summed E-state index contributed by atoms with van der Waals surface area (Å²) in [7, 11) is 1.64. The predicted molar refractivity (Wildman–Crippen MR) is 101 cm³/mol. The van der Waals surface area contributed by atoms with Gasteiger partial charge in [0.25, 0.3) is 0 Å². The second-order valence-electron chi connectivity index (χ2n) is 6.06. The summed E-state index contributed by atoms with van der Waals surface area (Å²) in [4.78, 5) is 12.8. The maximum atomic E-state index is 12.8. The van der Waals surface area contributed by atoms with Gasteiger partial charge in [-0.25, -0.2) is 0 Å². The van der Waals surface area contributed by atoms with Gasteiger partial charge in [0, 0.05) is 12.9 Å². The highest BCUT2D eigenvalue weighted by molar-refractivity contribution is 8.00. The molecule has 0 saturated carbocycles. The van der Waals surface area contributed by atoms with E-state index >= 15 is 0 Å². The number of rotatable bonds is 7.